The molecular weight excluding hydrogens is 438 g/mol. The van der Waals surface area contributed by atoms with Crippen molar-refractivity contribution in [1.29, 1.82) is 0 Å². The lowest BCUT2D eigenvalue weighted by atomic mass is 9.84. The molecule has 170 valence electrons. The molecule has 0 spiro atoms. The predicted molar refractivity (Wildman–Crippen MR) is 122 cm³/mol. The van der Waals surface area contributed by atoms with Crippen LogP contribution >= 0.6 is 22.9 Å². The van der Waals surface area contributed by atoms with Crippen molar-refractivity contribution in [3.8, 4) is 5.75 Å². The number of rotatable bonds is 10. The van der Waals surface area contributed by atoms with E-state index in [1.165, 1.54) is 11.3 Å². The van der Waals surface area contributed by atoms with E-state index < -0.39 is 11.7 Å². The zero-order valence-electron chi connectivity index (χ0n) is 17.8. The van der Waals surface area contributed by atoms with Crippen molar-refractivity contribution < 1.29 is 24.5 Å². The SMILES string of the molecule is CCCCOC(=O)c1sccc1OCC(O)CN1CCC(O)(c2ccc(Cl)cc2)CC1. The van der Waals surface area contributed by atoms with Gasteiger partial charge in [-0.2, -0.15) is 0 Å². The van der Waals surface area contributed by atoms with E-state index in [9.17, 15) is 15.0 Å². The number of carbonyl (C=O) groups excluding carboxylic acids is 1. The van der Waals surface area contributed by atoms with Crippen LogP contribution in [0.2, 0.25) is 5.02 Å². The summed E-state index contributed by atoms with van der Waals surface area (Å²) in [6.45, 7) is 4.30. The van der Waals surface area contributed by atoms with Crippen molar-refractivity contribution in [3.05, 3.63) is 51.2 Å². The van der Waals surface area contributed by atoms with E-state index in [1.54, 1.807) is 23.6 Å². The first-order chi connectivity index (χ1) is 14.9. The first-order valence-corrected chi connectivity index (χ1v) is 11.9. The topological polar surface area (TPSA) is 79.2 Å². The molecule has 31 heavy (non-hydrogen) atoms. The van der Waals surface area contributed by atoms with Crippen molar-refractivity contribution in [1.82, 2.24) is 4.90 Å². The summed E-state index contributed by atoms with van der Waals surface area (Å²) in [4.78, 5) is 14.7. The number of halogens is 1. The summed E-state index contributed by atoms with van der Waals surface area (Å²) in [6, 6.07) is 9.04. The maximum atomic E-state index is 12.2. The summed E-state index contributed by atoms with van der Waals surface area (Å²) in [6.07, 6.45) is 2.25. The van der Waals surface area contributed by atoms with Crippen LogP contribution in [0, 0.1) is 0 Å². The highest BCUT2D eigenvalue weighted by Crippen LogP contribution is 2.33. The molecule has 8 heteroatoms. The van der Waals surface area contributed by atoms with Crippen LogP contribution in [0.1, 0.15) is 47.8 Å². The van der Waals surface area contributed by atoms with Crippen LogP contribution in [0.4, 0.5) is 0 Å². The second-order valence-electron chi connectivity index (χ2n) is 7.91. The Morgan fingerprint density at radius 3 is 2.65 bits per heavy atom. The van der Waals surface area contributed by atoms with Crippen LogP contribution in [0.3, 0.4) is 0 Å². The lowest BCUT2D eigenvalue weighted by molar-refractivity contribution is -0.0372. The first kappa shape index (κ1) is 24.0. The Balaban J connectivity index is 1.44. The molecule has 1 unspecified atom stereocenters. The molecule has 1 aliphatic rings. The summed E-state index contributed by atoms with van der Waals surface area (Å²) in [5, 5.41) is 23.8. The number of unbranched alkanes of at least 4 members (excludes halogenated alkanes) is 1. The average molecular weight is 468 g/mol. The standard InChI is InChI=1S/C23H30ClNO5S/c1-2-3-13-29-22(27)21-20(8-14-31-21)30-16-19(26)15-25-11-9-23(28,10-12-25)17-4-6-18(24)7-5-17/h4-8,14,19,26,28H,2-3,9-13,15-16H2,1H3. The van der Waals surface area contributed by atoms with Crippen molar-refractivity contribution in [2.24, 2.45) is 0 Å². The average Bonchev–Trinajstić information content (AvgIpc) is 3.23. The second kappa shape index (κ2) is 11.3. The van der Waals surface area contributed by atoms with Gasteiger partial charge in [0.05, 0.1) is 12.2 Å². The highest BCUT2D eigenvalue weighted by atomic mass is 35.5. The van der Waals surface area contributed by atoms with Gasteiger partial charge in [-0.15, -0.1) is 11.3 Å². The van der Waals surface area contributed by atoms with E-state index in [2.05, 4.69) is 4.90 Å². The van der Waals surface area contributed by atoms with Crippen LogP contribution in [-0.4, -0.2) is 60.0 Å². The van der Waals surface area contributed by atoms with E-state index in [1.807, 2.05) is 19.1 Å². The summed E-state index contributed by atoms with van der Waals surface area (Å²) < 4.78 is 10.9. The molecule has 0 bridgehead atoms. The van der Waals surface area contributed by atoms with Crippen LogP contribution in [0.15, 0.2) is 35.7 Å². The van der Waals surface area contributed by atoms with Gasteiger partial charge in [-0.1, -0.05) is 37.1 Å². The second-order valence-corrected chi connectivity index (χ2v) is 9.26. The van der Waals surface area contributed by atoms with Gasteiger partial charge in [0.25, 0.3) is 0 Å². The van der Waals surface area contributed by atoms with Crippen LogP contribution in [0.25, 0.3) is 0 Å². The number of likely N-dealkylation sites (tertiary alicyclic amines) is 1. The molecule has 3 rings (SSSR count). The number of nitrogens with zero attached hydrogens (tertiary/aromatic N) is 1. The van der Waals surface area contributed by atoms with Crippen LogP contribution in [0.5, 0.6) is 5.75 Å². The van der Waals surface area contributed by atoms with Crippen molar-refractivity contribution in [2.75, 3.05) is 32.8 Å². The fourth-order valence-electron chi connectivity index (χ4n) is 3.63. The van der Waals surface area contributed by atoms with Gasteiger partial charge in [-0.25, -0.2) is 4.79 Å². The summed E-state index contributed by atoms with van der Waals surface area (Å²) >= 11 is 7.22. The molecule has 1 atom stereocenters. The molecule has 6 nitrogen and oxygen atoms in total. The first-order valence-electron chi connectivity index (χ1n) is 10.7. The fourth-order valence-corrected chi connectivity index (χ4v) is 4.48. The van der Waals surface area contributed by atoms with Gasteiger partial charge in [0.2, 0.25) is 0 Å². The quantitative estimate of drug-likeness (QED) is 0.405. The van der Waals surface area contributed by atoms with E-state index in [-0.39, 0.29) is 12.6 Å². The van der Waals surface area contributed by atoms with Gasteiger partial charge in [-0.05, 0) is 48.4 Å². The van der Waals surface area contributed by atoms with E-state index in [0.717, 1.165) is 18.4 Å². The van der Waals surface area contributed by atoms with Gasteiger partial charge in [-0.3, -0.25) is 0 Å². The van der Waals surface area contributed by atoms with Gasteiger partial charge < -0.3 is 24.6 Å². The lowest BCUT2D eigenvalue weighted by Gasteiger charge is -2.39. The van der Waals surface area contributed by atoms with Gasteiger partial charge in [0, 0.05) is 24.7 Å². The Kier molecular flexibility index (Phi) is 8.75. The fraction of sp³-hybridized carbons (Fsp3) is 0.522. The molecule has 1 aromatic carbocycles. The molecule has 1 aromatic heterocycles. The lowest BCUT2D eigenvalue weighted by Crippen LogP contribution is -2.46. The number of piperidine rings is 1. The zero-order chi connectivity index (χ0) is 22.3. The van der Waals surface area contributed by atoms with Gasteiger partial charge in [0.15, 0.2) is 4.88 Å². The molecule has 0 aliphatic carbocycles. The number of benzene rings is 1. The normalized spacial score (nSPS) is 17.3. The van der Waals surface area contributed by atoms with E-state index in [0.29, 0.717) is 54.7 Å². The summed E-state index contributed by atoms with van der Waals surface area (Å²) in [5.74, 6) is 0.0618. The van der Waals surface area contributed by atoms with Crippen LogP contribution in [-0.2, 0) is 10.3 Å². The minimum Gasteiger partial charge on any atom is -0.489 e. The van der Waals surface area contributed by atoms with Gasteiger partial charge in [0.1, 0.15) is 18.5 Å². The molecular formula is C23H30ClNO5S. The molecule has 0 saturated carbocycles. The largest absolute Gasteiger partial charge is 0.489 e. The van der Waals surface area contributed by atoms with Crippen LogP contribution < -0.4 is 4.74 Å². The Hall–Kier alpha value is -1.64. The molecule has 2 heterocycles. The van der Waals surface area contributed by atoms with E-state index in [4.69, 9.17) is 21.1 Å². The Labute approximate surface area is 192 Å². The van der Waals surface area contributed by atoms with Crippen molar-refractivity contribution >= 4 is 28.9 Å². The molecule has 1 aliphatic heterocycles. The molecule has 1 saturated heterocycles. The number of β-amino-alcohol motifs (C(OH)–C–C–N with tert-alkyl or cyclic N) is 1. The van der Waals surface area contributed by atoms with Gasteiger partial charge >= 0.3 is 5.97 Å². The molecule has 2 N–H and O–H groups in total. The van der Waals surface area contributed by atoms with Crippen molar-refractivity contribution in [3.63, 3.8) is 0 Å². The third-order valence-corrected chi connectivity index (χ3v) is 6.64. The number of carbonyl (C=O) groups is 1. The minimum absolute atomic E-state index is 0.0872. The number of hydrogen-bond acceptors (Lipinski definition) is 7. The number of aliphatic hydroxyl groups excluding tert-OH is 1. The minimum atomic E-state index is -0.869. The Morgan fingerprint density at radius 1 is 1.26 bits per heavy atom. The number of esters is 1. The Morgan fingerprint density at radius 2 is 1.97 bits per heavy atom. The molecule has 0 amide bonds. The number of aliphatic hydroxyl groups is 2. The highest BCUT2D eigenvalue weighted by molar-refractivity contribution is 7.12. The molecule has 1 fully saturated rings. The Bertz CT molecular complexity index is 833. The number of ether oxygens (including phenoxy) is 2. The zero-order valence-corrected chi connectivity index (χ0v) is 19.3. The number of hydrogen-bond donors (Lipinski definition) is 2. The predicted octanol–water partition coefficient (Wildman–Crippen LogP) is 4.08. The smallest absolute Gasteiger partial charge is 0.352 e. The third-order valence-electron chi connectivity index (χ3n) is 5.51. The highest BCUT2D eigenvalue weighted by Gasteiger charge is 2.34. The number of thiophene rings is 1. The maximum absolute atomic E-state index is 12.2. The molecule has 0 radical (unpaired) electrons. The summed E-state index contributed by atoms with van der Waals surface area (Å²) in [5.41, 5.74) is 0.00273. The molecule has 2 aromatic rings. The summed E-state index contributed by atoms with van der Waals surface area (Å²) in [7, 11) is 0. The maximum Gasteiger partial charge on any atom is 0.352 e. The van der Waals surface area contributed by atoms with E-state index >= 15 is 0 Å². The third kappa shape index (κ3) is 6.67. The van der Waals surface area contributed by atoms with Crippen molar-refractivity contribution in [2.45, 2.75) is 44.3 Å². The monoisotopic (exact) mass is 467 g/mol.